The maximum Gasteiger partial charge on any atom is 0.277 e. The minimum Gasteiger partial charge on any atom is -0.463 e. The molecule has 3 rings (SSSR count). The molecule has 1 atom stereocenters. The normalized spacial score (nSPS) is 11.9. The van der Waals surface area contributed by atoms with Crippen LogP contribution in [-0.2, 0) is 11.3 Å². The minimum atomic E-state index is -0.0283. The summed E-state index contributed by atoms with van der Waals surface area (Å²) in [4.78, 5) is 15.6. The first-order valence-electron chi connectivity index (χ1n) is 8.96. The summed E-state index contributed by atoms with van der Waals surface area (Å²) in [5.74, 6) is 0.945. The summed E-state index contributed by atoms with van der Waals surface area (Å²) in [6, 6.07) is 22.3. The molecule has 2 N–H and O–H groups in total. The molecule has 0 aliphatic carbocycles. The largest absolute Gasteiger partial charge is 0.463 e. The Morgan fingerprint density at radius 2 is 1.81 bits per heavy atom. The molecule has 0 unspecified atom stereocenters. The van der Waals surface area contributed by atoms with Crippen LogP contribution in [0, 0.1) is 0 Å². The number of hydrogen-bond donors (Lipinski definition) is 1. The van der Waals surface area contributed by atoms with Gasteiger partial charge in [-0.1, -0.05) is 42.5 Å². The molecule has 1 aromatic heterocycles. The molecule has 140 valence electrons. The molecule has 0 saturated heterocycles. The standard InChI is InChI=1S/C22H24N2O2S/c1-24(16-17-10-12-19(27-2)13-11-17)21(25)15-23-22(20-9-6-14-26-20)18-7-4-3-5-8-18/h3-14,22-23H,15-16H2,1-2H3/p+1/t22-/m0/s1. The number of nitrogens with zero attached hydrogens (tertiary/aromatic N) is 1. The second-order valence-corrected chi connectivity index (χ2v) is 7.32. The molecular formula is C22H25N2O2S+. The van der Waals surface area contributed by atoms with Crippen molar-refractivity contribution in [1.29, 1.82) is 0 Å². The maximum absolute atomic E-state index is 12.6. The van der Waals surface area contributed by atoms with E-state index in [0.29, 0.717) is 13.1 Å². The molecule has 5 heteroatoms. The van der Waals surface area contributed by atoms with Gasteiger partial charge in [-0.25, -0.2) is 0 Å². The van der Waals surface area contributed by atoms with Crippen molar-refractivity contribution in [2.45, 2.75) is 17.5 Å². The molecule has 1 heterocycles. The van der Waals surface area contributed by atoms with E-state index < -0.39 is 0 Å². The summed E-state index contributed by atoms with van der Waals surface area (Å²) in [6.07, 6.45) is 3.73. The zero-order chi connectivity index (χ0) is 19.1. The Bertz CT molecular complexity index is 833. The quantitative estimate of drug-likeness (QED) is 0.609. The van der Waals surface area contributed by atoms with E-state index in [0.717, 1.165) is 16.9 Å². The number of hydrogen-bond acceptors (Lipinski definition) is 3. The summed E-state index contributed by atoms with van der Waals surface area (Å²) in [6.45, 7) is 0.970. The SMILES string of the molecule is CSc1ccc(CN(C)C(=O)C[NH2+][C@@H](c2ccccc2)c2ccco2)cc1. The predicted octanol–water partition coefficient (Wildman–Crippen LogP) is 3.31. The van der Waals surface area contributed by atoms with Crippen molar-refractivity contribution >= 4 is 17.7 Å². The highest BCUT2D eigenvalue weighted by molar-refractivity contribution is 7.98. The molecule has 4 nitrogen and oxygen atoms in total. The van der Waals surface area contributed by atoms with Crippen LogP contribution >= 0.6 is 11.8 Å². The van der Waals surface area contributed by atoms with E-state index in [1.165, 1.54) is 4.90 Å². The van der Waals surface area contributed by atoms with Crippen LogP contribution in [-0.4, -0.2) is 30.7 Å². The van der Waals surface area contributed by atoms with Crippen molar-refractivity contribution in [2.75, 3.05) is 19.8 Å². The number of quaternary nitrogens is 1. The minimum absolute atomic E-state index is 0.0283. The lowest BCUT2D eigenvalue weighted by atomic mass is 10.0. The van der Waals surface area contributed by atoms with Gasteiger partial charge in [-0.2, -0.15) is 0 Å². The highest BCUT2D eigenvalue weighted by Crippen LogP contribution is 2.18. The third-order valence-corrected chi connectivity index (χ3v) is 5.28. The van der Waals surface area contributed by atoms with Gasteiger partial charge in [0.1, 0.15) is 0 Å². The first kappa shape index (κ1) is 19.3. The van der Waals surface area contributed by atoms with E-state index in [9.17, 15) is 4.79 Å². The van der Waals surface area contributed by atoms with Gasteiger partial charge in [0.15, 0.2) is 18.3 Å². The van der Waals surface area contributed by atoms with E-state index in [4.69, 9.17) is 4.42 Å². The Labute approximate surface area is 164 Å². The van der Waals surface area contributed by atoms with Gasteiger partial charge in [-0.3, -0.25) is 4.79 Å². The number of furan rings is 1. The van der Waals surface area contributed by atoms with Crippen molar-refractivity contribution in [1.82, 2.24) is 4.90 Å². The number of likely N-dealkylation sites (N-methyl/N-ethyl adjacent to an activating group) is 1. The van der Waals surface area contributed by atoms with Gasteiger partial charge in [0.25, 0.3) is 5.91 Å². The van der Waals surface area contributed by atoms with Crippen LogP contribution in [0.2, 0.25) is 0 Å². The molecule has 27 heavy (non-hydrogen) atoms. The molecule has 3 aromatic rings. The van der Waals surface area contributed by atoms with Crippen molar-refractivity contribution in [2.24, 2.45) is 0 Å². The van der Waals surface area contributed by atoms with Crippen molar-refractivity contribution < 1.29 is 14.5 Å². The van der Waals surface area contributed by atoms with Gasteiger partial charge < -0.3 is 14.6 Å². The lowest BCUT2D eigenvalue weighted by molar-refractivity contribution is -0.679. The van der Waals surface area contributed by atoms with E-state index in [1.54, 1.807) is 22.9 Å². The summed E-state index contributed by atoms with van der Waals surface area (Å²) in [7, 11) is 1.85. The Morgan fingerprint density at radius 3 is 2.44 bits per heavy atom. The number of nitrogens with two attached hydrogens (primary N) is 1. The molecule has 0 fully saturated rings. The van der Waals surface area contributed by atoms with Crippen LogP contribution in [0.25, 0.3) is 0 Å². The molecule has 0 spiro atoms. The molecule has 1 amide bonds. The molecule has 2 aromatic carbocycles. The van der Waals surface area contributed by atoms with Gasteiger partial charge >= 0.3 is 0 Å². The lowest BCUT2D eigenvalue weighted by Gasteiger charge is -2.19. The second-order valence-electron chi connectivity index (χ2n) is 6.44. The highest BCUT2D eigenvalue weighted by atomic mass is 32.2. The zero-order valence-corrected chi connectivity index (χ0v) is 16.5. The van der Waals surface area contributed by atoms with Crippen LogP contribution in [0.4, 0.5) is 0 Å². The molecule has 0 saturated carbocycles. The zero-order valence-electron chi connectivity index (χ0n) is 15.7. The first-order valence-corrected chi connectivity index (χ1v) is 10.2. The van der Waals surface area contributed by atoms with Gasteiger partial charge in [0.2, 0.25) is 0 Å². The third-order valence-electron chi connectivity index (χ3n) is 4.54. The molecular weight excluding hydrogens is 356 g/mol. The van der Waals surface area contributed by atoms with Gasteiger partial charge in [-0.15, -0.1) is 11.8 Å². The maximum atomic E-state index is 12.6. The third kappa shape index (κ3) is 5.25. The monoisotopic (exact) mass is 381 g/mol. The summed E-state index contributed by atoms with van der Waals surface area (Å²) >= 11 is 1.72. The van der Waals surface area contributed by atoms with Crippen molar-refractivity contribution in [3.8, 4) is 0 Å². The van der Waals surface area contributed by atoms with E-state index in [2.05, 4.69) is 42.7 Å². The Kier molecular flexibility index (Phi) is 6.74. The fraction of sp³-hybridized carbons (Fsp3) is 0.227. The molecule has 0 radical (unpaired) electrons. The van der Waals surface area contributed by atoms with Gasteiger partial charge in [0.05, 0.1) is 6.26 Å². The average molecular weight is 382 g/mol. The van der Waals surface area contributed by atoms with Crippen LogP contribution < -0.4 is 5.32 Å². The fourth-order valence-corrected chi connectivity index (χ4v) is 3.42. The molecule has 0 aliphatic heterocycles. The smallest absolute Gasteiger partial charge is 0.277 e. The Hall–Kier alpha value is -2.50. The molecule has 0 bridgehead atoms. The summed E-state index contributed by atoms with van der Waals surface area (Å²) in [5.41, 5.74) is 2.25. The number of thioether (sulfide) groups is 1. The average Bonchev–Trinajstić information content (AvgIpc) is 3.24. The van der Waals surface area contributed by atoms with Gasteiger partial charge in [0, 0.05) is 24.1 Å². The van der Waals surface area contributed by atoms with Crippen molar-refractivity contribution in [3.05, 3.63) is 89.9 Å². The van der Waals surface area contributed by atoms with Crippen LogP contribution in [0.3, 0.4) is 0 Å². The number of carbonyl (C=O) groups is 1. The number of carbonyl (C=O) groups excluding carboxylic acids is 1. The van der Waals surface area contributed by atoms with E-state index in [1.807, 2.05) is 42.7 Å². The highest BCUT2D eigenvalue weighted by Gasteiger charge is 2.22. The fourth-order valence-electron chi connectivity index (χ4n) is 3.01. The van der Waals surface area contributed by atoms with Gasteiger partial charge in [-0.05, 0) is 36.1 Å². The topological polar surface area (TPSA) is 50.1 Å². The number of rotatable bonds is 8. The van der Waals surface area contributed by atoms with Crippen molar-refractivity contribution in [3.63, 3.8) is 0 Å². The number of amides is 1. The second kappa shape index (κ2) is 9.44. The Morgan fingerprint density at radius 1 is 1.07 bits per heavy atom. The van der Waals surface area contributed by atoms with E-state index >= 15 is 0 Å². The predicted molar refractivity (Wildman–Crippen MR) is 108 cm³/mol. The number of benzene rings is 2. The summed E-state index contributed by atoms with van der Waals surface area (Å²) in [5, 5.41) is 2.03. The van der Waals surface area contributed by atoms with Crippen LogP contribution in [0.15, 0.2) is 82.3 Å². The van der Waals surface area contributed by atoms with Crippen LogP contribution in [0.5, 0.6) is 0 Å². The Balaban J connectivity index is 1.61. The molecule has 0 aliphatic rings. The first-order chi connectivity index (χ1) is 13.2. The van der Waals surface area contributed by atoms with E-state index in [-0.39, 0.29) is 11.9 Å². The summed E-state index contributed by atoms with van der Waals surface area (Å²) < 4.78 is 5.60. The van der Waals surface area contributed by atoms with Crippen LogP contribution in [0.1, 0.15) is 22.9 Å². The lowest BCUT2D eigenvalue weighted by Crippen LogP contribution is -2.87.